The number of aromatic amines is 1. The van der Waals surface area contributed by atoms with Crippen LogP contribution in [-0.4, -0.2) is 42.7 Å². The maximum atomic E-state index is 11.5. The summed E-state index contributed by atoms with van der Waals surface area (Å²) in [6.45, 7) is 6.68. The van der Waals surface area contributed by atoms with Crippen molar-refractivity contribution in [3.8, 4) is 5.75 Å². The van der Waals surface area contributed by atoms with Crippen molar-refractivity contribution in [2.45, 2.75) is 26.2 Å². The molecule has 2 N–H and O–H groups in total. The van der Waals surface area contributed by atoms with E-state index in [-0.39, 0.29) is 5.56 Å². The number of hydrogen-bond donors (Lipinski definition) is 2. The van der Waals surface area contributed by atoms with Crippen LogP contribution in [0.3, 0.4) is 0 Å². The van der Waals surface area contributed by atoms with Gasteiger partial charge in [-0.2, -0.15) is 0 Å². The number of hydrogen-bond acceptors (Lipinski definition) is 4. The van der Waals surface area contributed by atoms with Crippen LogP contribution in [0.4, 0.5) is 5.69 Å². The van der Waals surface area contributed by atoms with Crippen molar-refractivity contribution in [2.24, 2.45) is 0 Å². The summed E-state index contributed by atoms with van der Waals surface area (Å²) in [6.07, 6.45) is 3.14. The van der Waals surface area contributed by atoms with Crippen LogP contribution in [0.25, 0.3) is 10.9 Å². The topological polar surface area (TPSA) is 57.4 Å². The largest absolute Gasteiger partial charge is 0.494 e. The lowest BCUT2D eigenvalue weighted by Crippen LogP contribution is -2.31. The van der Waals surface area contributed by atoms with Crippen molar-refractivity contribution in [3.63, 3.8) is 0 Å². The van der Waals surface area contributed by atoms with Gasteiger partial charge in [-0.3, -0.25) is 4.79 Å². The second kappa shape index (κ2) is 12.0. The molecule has 0 atom stereocenters. The first kappa shape index (κ1) is 23.5. The highest BCUT2D eigenvalue weighted by atomic mass is 35.5. The second-order valence-electron chi connectivity index (χ2n) is 7.50. The van der Waals surface area contributed by atoms with Crippen LogP contribution in [-0.2, 0) is 0 Å². The first-order valence-corrected chi connectivity index (χ1v) is 11.5. The predicted octanol–water partition coefficient (Wildman–Crippen LogP) is 5.82. The molecule has 1 aromatic heterocycles. The first-order valence-electron chi connectivity index (χ1n) is 10.7. The molecule has 0 saturated heterocycles. The third-order valence-corrected chi connectivity index (χ3v) is 5.89. The van der Waals surface area contributed by atoms with Gasteiger partial charge in [0, 0.05) is 25.2 Å². The summed E-state index contributed by atoms with van der Waals surface area (Å²) in [5.41, 5.74) is 1.56. The summed E-state index contributed by atoms with van der Waals surface area (Å²) < 4.78 is 5.88. The summed E-state index contributed by atoms with van der Waals surface area (Å²) in [6, 6.07) is 14.8. The van der Waals surface area contributed by atoms with E-state index in [9.17, 15) is 4.79 Å². The van der Waals surface area contributed by atoms with Crippen molar-refractivity contribution >= 4 is 39.8 Å². The monoisotopic (exact) mass is 461 g/mol. The van der Waals surface area contributed by atoms with Crippen molar-refractivity contribution in [3.05, 3.63) is 68.9 Å². The molecule has 3 aromatic rings. The van der Waals surface area contributed by atoms with Gasteiger partial charge in [-0.15, -0.1) is 0 Å². The number of rotatable bonds is 12. The zero-order valence-corrected chi connectivity index (χ0v) is 19.3. The zero-order valence-electron chi connectivity index (χ0n) is 17.8. The number of anilines is 1. The van der Waals surface area contributed by atoms with Gasteiger partial charge in [-0.05, 0) is 68.1 Å². The lowest BCUT2D eigenvalue weighted by molar-refractivity contribution is 0.256. The van der Waals surface area contributed by atoms with Crippen LogP contribution in [0, 0.1) is 0 Å². The number of fused-ring (bicyclic) bond motifs is 1. The van der Waals surface area contributed by atoms with Gasteiger partial charge in [0.1, 0.15) is 5.75 Å². The molecule has 0 saturated carbocycles. The number of unbranched alkanes of at least 4 members (excludes halogenated alkanes) is 1. The van der Waals surface area contributed by atoms with E-state index < -0.39 is 0 Å². The van der Waals surface area contributed by atoms with E-state index in [2.05, 4.69) is 22.1 Å². The van der Waals surface area contributed by atoms with Gasteiger partial charge >= 0.3 is 0 Å². The van der Waals surface area contributed by atoms with E-state index >= 15 is 0 Å². The Hall–Kier alpha value is -2.21. The fourth-order valence-corrected chi connectivity index (χ4v) is 3.85. The Labute approximate surface area is 193 Å². The Morgan fingerprint density at radius 3 is 2.71 bits per heavy atom. The molecule has 0 radical (unpaired) electrons. The fraction of sp³-hybridized carbons (Fsp3) is 0.375. The lowest BCUT2D eigenvalue weighted by atomic mass is 10.2. The molecule has 0 fully saturated rings. The van der Waals surface area contributed by atoms with Gasteiger partial charge in [-0.25, -0.2) is 0 Å². The zero-order chi connectivity index (χ0) is 22.1. The van der Waals surface area contributed by atoms with Crippen molar-refractivity contribution in [2.75, 3.05) is 38.1 Å². The van der Waals surface area contributed by atoms with Crippen molar-refractivity contribution in [1.82, 2.24) is 9.88 Å². The molecule has 0 unspecified atom stereocenters. The molecule has 0 aliphatic rings. The molecule has 7 heteroatoms. The Bertz CT molecular complexity index is 1040. The summed E-state index contributed by atoms with van der Waals surface area (Å²) in [5, 5.41) is 5.51. The summed E-state index contributed by atoms with van der Waals surface area (Å²) in [5.74, 6) is 0.780. The minimum Gasteiger partial charge on any atom is -0.494 e. The molecule has 1 heterocycles. The maximum Gasteiger partial charge on any atom is 0.248 e. The van der Waals surface area contributed by atoms with Gasteiger partial charge in [0.05, 0.1) is 27.9 Å². The van der Waals surface area contributed by atoms with E-state index in [1.54, 1.807) is 6.07 Å². The van der Waals surface area contributed by atoms with Crippen LogP contribution in [0.15, 0.2) is 53.3 Å². The number of benzene rings is 2. The average molecular weight is 462 g/mol. The highest BCUT2D eigenvalue weighted by Crippen LogP contribution is 2.29. The number of halogens is 2. The molecule has 0 amide bonds. The van der Waals surface area contributed by atoms with Gasteiger partial charge in [-0.1, -0.05) is 36.2 Å². The van der Waals surface area contributed by atoms with Crippen LogP contribution in [0.1, 0.15) is 26.2 Å². The SMILES string of the molecule is CCCN(CCCCOc1ccc2ccc(=O)[nH]c2c1)CCNc1cccc(Cl)c1Cl. The number of aromatic nitrogens is 1. The van der Waals surface area contributed by atoms with E-state index in [0.717, 1.165) is 67.8 Å². The number of ether oxygens (including phenoxy) is 1. The normalized spacial score (nSPS) is 11.2. The Morgan fingerprint density at radius 2 is 1.87 bits per heavy atom. The fourth-order valence-electron chi connectivity index (χ4n) is 3.49. The average Bonchev–Trinajstić information content (AvgIpc) is 2.76. The number of nitrogens with zero attached hydrogens (tertiary/aromatic N) is 1. The molecular formula is C24H29Cl2N3O2. The van der Waals surface area contributed by atoms with Crippen LogP contribution < -0.4 is 15.6 Å². The van der Waals surface area contributed by atoms with E-state index in [4.69, 9.17) is 27.9 Å². The molecule has 0 spiro atoms. The predicted molar refractivity (Wildman–Crippen MR) is 131 cm³/mol. The number of H-pyrrole nitrogens is 1. The third-order valence-electron chi connectivity index (χ3n) is 5.07. The van der Waals surface area contributed by atoms with Gasteiger partial charge in [0.15, 0.2) is 0 Å². The van der Waals surface area contributed by atoms with Gasteiger partial charge in [0.25, 0.3) is 0 Å². The van der Waals surface area contributed by atoms with Crippen LogP contribution in [0.5, 0.6) is 5.75 Å². The van der Waals surface area contributed by atoms with Crippen LogP contribution in [0.2, 0.25) is 10.0 Å². The van der Waals surface area contributed by atoms with Crippen molar-refractivity contribution in [1.29, 1.82) is 0 Å². The Morgan fingerprint density at radius 1 is 1.03 bits per heavy atom. The van der Waals surface area contributed by atoms with E-state index in [1.807, 2.05) is 36.4 Å². The molecular weight excluding hydrogens is 433 g/mol. The van der Waals surface area contributed by atoms with Gasteiger partial charge in [0.2, 0.25) is 5.56 Å². The molecule has 0 aliphatic heterocycles. The highest BCUT2D eigenvalue weighted by molar-refractivity contribution is 6.43. The Kier molecular flexibility index (Phi) is 9.07. The van der Waals surface area contributed by atoms with Crippen LogP contribution >= 0.6 is 23.2 Å². The van der Waals surface area contributed by atoms with Crippen molar-refractivity contribution < 1.29 is 4.74 Å². The molecule has 31 heavy (non-hydrogen) atoms. The molecule has 3 rings (SSSR count). The van der Waals surface area contributed by atoms with E-state index in [0.29, 0.717) is 16.7 Å². The number of nitrogens with one attached hydrogen (secondary N) is 2. The molecule has 0 aliphatic carbocycles. The first-order chi connectivity index (χ1) is 15.1. The summed E-state index contributed by atoms with van der Waals surface area (Å²) >= 11 is 12.3. The maximum absolute atomic E-state index is 11.5. The van der Waals surface area contributed by atoms with Gasteiger partial charge < -0.3 is 19.9 Å². The molecule has 166 valence electrons. The summed E-state index contributed by atoms with van der Waals surface area (Å²) in [4.78, 5) is 16.8. The quantitative estimate of drug-likeness (QED) is 0.333. The molecule has 2 aromatic carbocycles. The minimum absolute atomic E-state index is 0.104. The lowest BCUT2D eigenvalue weighted by Gasteiger charge is -2.22. The standard InChI is InChI=1S/C24H29Cl2N3O2/c1-2-13-29(15-12-27-21-7-5-6-20(25)24(21)26)14-3-4-16-31-19-10-8-18-9-11-23(30)28-22(18)17-19/h5-11,17,27H,2-4,12-16H2,1H3,(H,28,30). The smallest absolute Gasteiger partial charge is 0.248 e. The second-order valence-corrected chi connectivity index (χ2v) is 8.28. The van der Waals surface area contributed by atoms with E-state index in [1.165, 1.54) is 6.07 Å². The minimum atomic E-state index is -0.104. The number of pyridine rings is 1. The Balaban J connectivity index is 1.39. The molecule has 0 bridgehead atoms. The third kappa shape index (κ3) is 7.17. The summed E-state index contributed by atoms with van der Waals surface area (Å²) in [7, 11) is 0. The highest BCUT2D eigenvalue weighted by Gasteiger charge is 2.07. The molecule has 5 nitrogen and oxygen atoms in total.